The summed E-state index contributed by atoms with van der Waals surface area (Å²) in [4.78, 5) is 0. The first-order chi connectivity index (χ1) is 8.12. The fourth-order valence-corrected chi connectivity index (χ4v) is 1.86. The SMILES string of the molecule is N#CC(C#N)=NNc1c(Cl)cc(C#N)cc1Br. The van der Waals surface area contributed by atoms with Crippen LogP contribution in [0.3, 0.4) is 0 Å². The molecule has 17 heavy (non-hydrogen) atoms. The lowest BCUT2D eigenvalue weighted by Gasteiger charge is -2.06. The average Bonchev–Trinajstić information content (AvgIpc) is 2.32. The maximum atomic E-state index is 8.71. The minimum Gasteiger partial charge on any atom is -0.274 e. The zero-order valence-corrected chi connectivity index (χ0v) is 10.5. The van der Waals surface area contributed by atoms with Crippen molar-refractivity contribution in [2.45, 2.75) is 0 Å². The molecule has 7 heteroatoms. The number of nitriles is 3. The molecule has 0 unspecified atom stereocenters. The molecule has 0 saturated carbocycles. The molecule has 0 amide bonds. The van der Waals surface area contributed by atoms with Crippen molar-refractivity contribution < 1.29 is 0 Å². The number of halogens is 2. The summed E-state index contributed by atoms with van der Waals surface area (Å²) in [7, 11) is 0. The van der Waals surface area contributed by atoms with Crippen molar-refractivity contribution in [3.8, 4) is 18.2 Å². The van der Waals surface area contributed by atoms with E-state index >= 15 is 0 Å². The zero-order chi connectivity index (χ0) is 12.8. The third-order valence-electron chi connectivity index (χ3n) is 1.66. The first kappa shape index (κ1) is 13.0. The van der Waals surface area contributed by atoms with Gasteiger partial charge in [0.1, 0.15) is 12.1 Å². The second-order valence-electron chi connectivity index (χ2n) is 2.72. The van der Waals surface area contributed by atoms with Gasteiger partial charge >= 0.3 is 0 Å². The molecule has 0 spiro atoms. The Bertz CT molecular complexity index is 564. The number of hydrazone groups is 1. The number of benzene rings is 1. The second-order valence-corrected chi connectivity index (χ2v) is 3.98. The molecule has 1 aromatic carbocycles. The number of hydrogen-bond acceptors (Lipinski definition) is 5. The largest absolute Gasteiger partial charge is 0.274 e. The molecular formula is C10H3BrClN5. The van der Waals surface area contributed by atoms with Crippen molar-refractivity contribution >= 4 is 38.9 Å². The topological polar surface area (TPSA) is 95.8 Å². The molecule has 0 bridgehead atoms. The van der Waals surface area contributed by atoms with Crippen molar-refractivity contribution in [3.63, 3.8) is 0 Å². The van der Waals surface area contributed by atoms with Crippen LogP contribution in [0, 0.1) is 34.0 Å². The van der Waals surface area contributed by atoms with E-state index in [1.54, 1.807) is 18.2 Å². The smallest absolute Gasteiger partial charge is 0.237 e. The van der Waals surface area contributed by atoms with Gasteiger partial charge in [0.05, 0.1) is 22.3 Å². The second kappa shape index (κ2) is 5.86. The van der Waals surface area contributed by atoms with Crippen LogP contribution in [0.15, 0.2) is 21.7 Å². The molecule has 1 rings (SSSR count). The molecule has 82 valence electrons. The van der Waals surface area contributed by atoms with Gasteiger partial charge in [0.2, 0.25) is 5.71 Å². The van der Waals surface area contributed by atoms with Crippen molar-refractivity contribution in [3.05, 3.63) is 27.2 Å². The number of nitrogens with zero attached hydrogens (tertiary/aromatic N) is 4. The highest BCUT2D eigenvalue weighted by Crippen LogP contribution is 2.31. The van der Waals surface area contributed by atoms with E-state index in [1.165, 1.54) is 6.07 Å². The van der Waals surface area contributed by atoms with Crippen molar-refractivity contribution in [2.24, 2.45) is 5.10 Å². The van der Waals surface area contributed by atoms with Gasteiger partial charge in [0, 0.05) is 4.47 Å². The van der Waals surface area contributed by atoms with Gasteiger partial charge in [-0.05, 0) is 28.1 Å². The van der Waals surface area contributed by atoms with Gasteiger partial charge in [-0.25, -0.2) is 0 Å². The van der Waals surface area contributed by atoms with Crippen LogP contribution in [-0.4, -0.2) is 5.71 Å². The lowest BCUT2D eigenvalue weighted by molar-refractivity contribution is 1.32. The summed E-state index contributed by atoms with van der Waals surface area (Å²) >= 11 is 9.10. The Morgan fingerprint density at radius 3 is 2.41 bits per heavy atom. The Morgan fingerprint density at radius 2 is 1.94 bits per heavy atom. The van der Waals surface area contributed by atoms with Gasteiger partial charge < -0.3 is 0 Å². The maximum absolute atomic E-state index is 8.71. The molecule has 0 saturated heterocycles. The van der Waals surface area contributed by atoms with E-state index in [0.29, 0.717) is 15.7 Å². The molecular weight excluding hydrogens is 306 g/mol. The molecule has 0 radical (unpaired) electrons. The van der Waals surface area contributed by atoms with Gasteiger partial charge in [-0.15, -0.1) is 0 Å². The van der Waals surface area contributed by atoms with Crippen LogP contribution in [-0.2, 0) is 0 Å². The molecule has 0 aromatic heterocycles. The van der Waals surface area contributed by atoms with Gasteiger partial charge in [-0.1, -0.05) is 11.6 Å². The van der Waals surface area contributed by atoms with Crippen molar-refractivity contribution in [2.75, 3.05) is 5.43 Å². The fourth-order valence-electron chi connectivity index (χ4n) is 0.931. The third kappa shape index (κ3) is 3.19. The van der Waals surface area contributed by atoms with Crippen LogP contribution in [0.2, 0.25) is 5.02 Å². The number of hydrogen-bond donors (Lipinski definition) is 1. The Balaban J connectivity index is 3.11. The van der Waals surface area contributed by atoms with E-state index in [0.717, 1.165) is 0 Å². The minimum absolute atomic E-state index is 0.259. The fraction of sp³-hybridized carbons (Fsp3) is 0. The summed E-state index contributed by atoms with van der Waals surface area (Å²) in [6.07, 6.45) is 0. The summed E-state index contributed by atoms with van der Waals surface area (Å²) in [6.45, 7) is 0. The molecule has 1 N–H and O–H groups in total. The summed E-state index contributed by atoms with van der Waals surface area (Å²) in [5.41, 5.74) is 2.94. The minimum atomic E-state index is -0.322. The highest BCUT2D eigenvalue weighted by atomic mass is 79.9. The molecule has 0 aliphatic rings. The predicted octanol–water partition coefficient (Wildman–Crippen LogP) is 2.79. The maximum Gasteiger partial charge on any atom is 0.237 e. The highest BCUT2D eigenvalue weighted by Gasteiger charge is 2.07. The lowest BCUT2D eigenvalue weighted by atomic mass is 10.2. The van der Waals surface area contributed by atoms with E-state index in [2.05, 4.69) is 26.5 Å². The first-order valence-electron chi connectivity index (χ1n) is 4.15. The van der Waals surface area contributed by atoms with E-state index in [4.69, 9.17) is 27.4 Å². The third-order valence-corrected chi connectivity index (χ3v) is 2.59. The average molecular weight is 309 g/mol. The van der Waals surface area contributed by atoms with E-state index in [9.17, 15) is 0 Å². The van der Waals surface area contributed by atoms with E-state index in [-0.39, 0.29) is 10.7 Å². The molecule has 0 aliphatic heterocycles. The highest BCUT2D eigenvalue weighted by molar-refractivity contribution is 9.10. The number of rotatable bonds is 2. The first-order valence-corrected chi connectivity index (χ1v) is 5.32. The Hall–Kier alpha value is -2.07. The van der Waals surface area contributed by atoms with E-state index < -0.39 is 0 Å². The normalized spacial score (nSPS) is 8.41. The van der Waals surface area contributed by atoms with Crippen molar-refractivity contribution in [1.29, 1.82) is 15.8 Å². The summed E-state index contributed by atoms with van der Waals surface area (Å²) in [6, 6.07) is 8.13. The number of nitrogens with one attached hydrogen (secondary N) is 1. The molecule has 0 aliphatic carbocycles. The lowest BCUT2D eigenvalue weighted by Crippen LogP contribution is -1.98. The van der Waals surface area contributed by atoms with Gasteiger partial charge in [-0.2, -0.15) is 20.9 Å². The Morgan fingerprint density at radius 1 is 1.29 bits per heavy atom. The predicted molar refractivity (Wildman–Crippen MR) is 66.2 cm³/mol. The van der Waals surface area contributed by atoms with Gasteiger partial charge in [0.15, 0.2) is 0 Å². The molecule has 0 fully saturated rings. The van der Waals surface area contributed by atoms with Crippen LogP contribution in [0.5, 0.6) is 0 Å². The van der Waals surface area contributed by atoms with Crippen LogP contribution in [0.25, 0.3) is 0 Å². The van der Waals surface area contributed by atoms with Gasteiger partial charge in [0.25, 0.3) is 0 Å². The zero-order valence-electron chi connectivity index (χ0n) is 8.20. The Kier molecular flexibility index (Phi) is 4.48. The number of anilines is 1. The quantitative estimate of drug-likeness (QED) is 0.671. The van der Waals surface area contributed by atoms with E-state index in [1.807, 2.05) is 6.07 Å². The summed E-state index contributed by atoms with van der Waals surface area (Å²) < 4.78 is 0.514. The summed E-state index contributed by atoms with van der Waals surface area (Å²) in [5, 5.41) is 29.5. The Labute approximate surface area is 111 Å². The van der Waals surface area contributed by atoms with Crippen LogP contribution in [0.1, 0.15) is 5.56 Å². The van der Waals surface area contributed by atoms with Crippen LogP contribution < -0.4 is 5.43 Å². The molecule has 0 heterocycles. The van der Waals surface area contributed by atoms with Gasteiger partial charge in [-0.3, -0.25) is 5.43 Å². The molecule has 0 atom stereocenters. The summed E-state index contributed by atoms with van der Waals surface area (Å²) in [5.74, 6) is 0. The molecule has 1 aromatic rings. The molecule has 5 nitrogen and oxygen atoms in total. The van der Waals surface area contributed by atoms with Crippen LogP contribution in [0.4, 0.5) is 5.69 Å². The van der Waals surface area contributed by atoms with Crippen molar-refractivity contribution in [1.82, 2.24) is 0 Å². The standard InChI is InChI=1S/C10H3BrClN5/c11-8-1-6(3-13)2-9(12)10(8)17-16-7(4-14)5-15/h1-2,17H. The monoisotopic (exact) mass is 307 g/mol. The van der Waals surface area contributed by atoms with Crippen LogP contribution >= 0.6 is 27.5 Å².